The molecule has 0 radical (unpaired) electrons. The Morgan fingerprint density at radius 1 is 1.53 bits per heavy atom. The summed E-state index contributed by atoms with van der Waals surface area (Å²) in [6, 6.07) is 0. The molecule has 2 atom stereocenters. The summed E-state index contributed by atoms with van der Waals surface area (Å²) in [7, 11) is 1.19. The number of nitrogens with zero attached hydrogens (tertiary/aromatic N) is 3. The number of aryl methyl sites for hydroxylation is 1. The number of nitro groups is 1. The van der Waals surface area contributed by atoms with Crippen LogP contribution in [0.3, 0.4) is 0 Å². The van der Waals surface area contributed by atoms with E-state index in [-0.39, 0.29) is 11.5 Å². The summed E-state index contributed by atoms with van der Waals surface area (Å²) in [4.78, 5) is 10.1. The monoisotopic (exact) mass is 279 g/mol. The van der Waals surface area contributed by atoms with Crippen molar-refractivity contribution < 1.29 is 18.1 Å². The van der Waals surface area contributed by atoms with Gasteiger partial charge in [0.1, 0.15) is 5.69 Å². The van der Waals surface area contributed by atoms with Gasteiger partial charge in [0, 0.05) is 17.5 Å². The van der Waals surface area contributed by atoms with Gasteiger partial charge in [-0.1, -0.05) is 20.3 Å². The van der Waals surface area contributed by atoms with Gasteiger partial charge in [-0.25, -0.2) is 0 Å². The fourth-order valence-electron chi connectivity index (χ4n) is 2.10. The SMILES string of the molecule is CCC(C)[C@H](C[N+](=O)[O-])c1cnn(C)c1C(F)(F)F. The summed E-state index contributed by atoms with van der Waals surface area (Å²) in [6.45, 7) is 2.98. The first-order chi connectivity index (χ1) is 8.68. The van der Waals surface area contributed by atoms with E-state index in [4.69, 9.17) is 0 Å². The zero-order valence-corrected chi connectivity index (χ0v) is 10.9. The molecule has 0 fully saturated rings. The highest BCUT2D eigenvalue weighted by Crippen LogP contribution is 2.38. The van der Waals surface area contributed by atoms with Crippen molar-refractivity contribution in [3.05, 3.63) is 27.6 Å². The number of hydrogen-bond donors (Lipinski definition) is 0. The van der Waals surface area contributed by atoms with Crippen LogP contribution in [0, 0.1) is 16.0 Å². The third-order valence-corrected chi connectivity index (χ3v) is 3.31. The number of hydrogen-bond acceptors (Lipinski definition) is 3. The second kappa shape index (κ2) is 5.58. The Hall–Kier alpha value is -1.60. The number of rotatable bonds is 5. The third kappa shape index (κ3) is 3.45. The Kier molecular flexibility index (Phi) is 4.54. The Labute approximate surface area is 108 Å². The predicted octanol–water partition coefficient (Wildman–Crippen LogP) is 2.85. The topological polar surface area (TPSA) is 61.0 Å². The second-order valence-electron chi connectivity index (χ2n) is 4.58. The predicted molar refractivity (Wildman–Crippen MR) is 62.3 cm³/mol. The minimum Gasteiger partial charge on any atom is -0.265 e. The van der Waals surface area contributed by atoms with E-state index in [1.807, 2.05) is 0 Å². The molecule has 0 aliphatic heterocycles. The normalized spacial score (nSPS) is 15.3. The molecule has 1 heterocycles. The summed E-state index contributed by atoms with van der Waals surface area (Å²) in [5, 5.41) is 14.3. The maximum absolute atomic E-state index is 13.0. The van der Waals surface area contributed by atoms with Crippen molar-refractivity contribution in [3.8, 4) is 0 Å². The molecule has 8 heteroatoms. The Bertz CT molecular complexity index is 457. The lowest BCUT2D eigenvalue weighted by atomic mass is 9.85. The summed E-state index contributed by atoms with van der Waals surface area (Å²) in [5.41, 5.74) is -0.999. The van der Waals surface area contributed by atoms with Crippen LogP contribution in [-0.4, -0.2) is 21.2 Å². The number of aromatic nitrogens is 2. The van der Waals surface area contributed by atoms with Crippen molar-refractivity contribution in [2.24, 2.45) is 13.0 Å². The van der Waals surface area contributed by atoms with Gasteiger partial charge in [0.15, 0.2) is 0 Å². The molecular formula is C11H16F3N3O2. The van der Waals surface area contributed by atoms with Crippen molar-refractivity contribution in [1.82, 2.24) is 9.78 Å². The molecule has 108 valence electrons. The van der Waals surface area contributed by atoms with Gasteiger partial charge in [-0.3, -0.25) is 14.8 Å². The zero-order valence-electron chi connectivity index (χ0n) is 10.9. The Morgan fingerprint density at radius 2 is 2.11 bits per heavy atom. The molecule has 0 N–H and O–H groups in total. The van der Waals surface area contributed by atoms with Crippen LogP contribution in [0.25, 0.3) is 0 Å². The zero-order chi connectivity index (χ0) is 14.8. The molecule has 0 amide bonds. The molecule has 0 aliphatic rings. The van der Waals surface area contributed by atoms with Crippen molar-refractivity contribution in [2.45, 2.75) is 32.4 Å². The van der Waals surface area contributed by atoms with Gasteiger partial charge in [0.2, 0.25) is 6.54 Å². The van der Waals surface area contributed by atoms with Crippen molar-refractivity contribution in [1.29, 1.82) is 0 Å². The van der Waals surface area contributed by atoms with Gasteiger partial charge in [-0.15, -0.1) is 0 Å². The van der Waals surface area contributed by atoms with Crippen molar-refractivity contribution >= 4 is 0 Å². The van der Waals surface area contributed by atoms with Gasteiger partial charge in [0.05, 0.1) is 12.1 Å². The van der Waals surface area contributed by atoms with Crippen LogP contribution in [0.1, 0.15) is 37.4 Å². The molecule has 5 nitrogen and oxygen atoms in total. The molecule has 0 spiro atoms. The molecule has 0 saturated heterocycles. The van der Waals surface area contributed by atoms with Crippen LogP contribution in [-0.2, 0) is 13.2 Å². The lowest BCUT2D eigenvalue weighted by Crippen LogP contribution is -2.23. The second-order valence-corrected chi connectivity index (χ2v) is 4.58. The first-order valence-corrected chi connectivity index (χ1v) is 5.89. The molecule has 1 unspecified atom stereocenters. The molecular weight excluding hydrogens is 263 g/mol. The van der Waals surface area contributed by atoms with E-state index >= 15 is 0 Å². The third-order valence-electron chi connectivity index (χ3n) is 3.31. The molecule has 0 saturated carbocycles. The highest BCUT2D eigenvalue weighted by atomic mass is 19.4. The van der Waals surface area contributed by atoms with Gasteiger partial charge in [-0.2, -0.15) is 18.3 Å². The molecule has 19 heavy (non-hydrogen) atoms. The largest absolute Gasteiger partial charge is 0.433 e. The Morgan fingerprint density at radius 3 is 2.53 bits per heavy atom. The summed E-state index contributed by atoms with van der Waals surface area (Å²) < 4.78 is 39.7. The first kappa shape index (κ1) is 15.5. The van der Waals surface area contributed by atoms with Gasteiger partial charge in [-0.05, 0) is 5.92 Å². The summed E-state index contributed by atoms with van der Waals surface area (Å²) in [5.74, 6) is -1.01. The van der Waals surface area contributed by atoms with E-state index in [2.05, 4.69) is 5.10 Å². The number of halogens is 3. The Balaban J connectivity index is 3.27. The van der Waals surface area contributed by atoms with E-state index < -0.39 is 29.3 Å². The molecule has 1 rings (SSSR count). The molecule has 0 bridgehead atoms. The summed E-state index contributed by atoms with van der Waals surface area (Å²) >= 11 is 0. The van der Waals surface area contributed by atoms with Crippen LogP contribution < -0.4 is 0 Å². The fraction of sp³-hybridized carbons (Fsp3) is 0.727. The molecule has 1 aromatic heterocycles. The fourth-order valence-corrected chi connectivity index (χ4v) is 2.10. The van der Waals surface area contributed by atoms with Crippen molar-refractivity contribution in [2.75, 3.05) is 6.54 Å². The average molecular weight is 279 g/mol. The standard InChI is InChI=1S/C11H16F3N3O2/c1-4-7(2)9(6-17(18)19)8-5-15-16(3)10(8)11(12,13)14/h5,7,9H,4,6H2,1-3H3/t7?,9-/m0/s1. The quantitative estimate of drug-likeness (QED) is 0.615. The van der Waals surface area contributed by atoms with E-state index in [0.717, 1.165) is 10.9 Å². The van der Waals surface area contributed by atoms with Crippen LogP contribution >= 0.6 is 0 Å². The average Bonchev–Trinajstić information content (AvgIpc) is 2.66. The lowest BCUT2D eigenvalue weighted by molar-refractivity contribution is -0.484. The minimum atomic E-state index is -4.57. The maximum atomic E-state index is 13.0. The van der Waals surface area contributed by atoms with Gasteiger partial charge < -0.3 is 0 Å². The number of alkyl halides is 3. The van der Waals surface area contributed by atoms with Crippen LogP contribution in [0.2, 0.25) is 0 Å². The first-order valence-electron chi connectivity index (χ1n) is 5.89. The summed E-state index contributed by atoms with van der Waals surface area (Å²) in [6.07, 6.45) is -2.92. The molecule has 1 aromatic rings. The highest BCUT2D eigenvalue weighted by Gasteiger charge is 2.41. The minimum absolute atomic E-state index is 0.0962. The van der Waals surface area contributed by atoms with Gasteiger partial charge >= 0.3 is 6.18 Å². The van der Waals surface area contributed by atoms with Crippen molar-refractivity contribution in [3.63, 3.8) is 0 Å². The van der Waals surface area contributed by atoms with E-state index in [0.29, 0.717) is 6.42 Å². The molecule has 0 aromatic carbocycles. The van der Waals surface area contributed by atoms with E-state index in [1.165, 1.54) is 7.05 Å². The maximum Gasteiger partial charge on any atom is 0.433 e. The molecule has 0 aliphatic carbocycles. The van der Waals surface area contributed by atoms with E-state index in [9.17, 15) is 23.3 Å². The van der Waals surface area contributed by atoms with Crippen LogP contribution in [0.15, 0.2) is 6.20 Å². The smallest absolute Gasteiger partial charge is 0.265 e. The van der Waals surface area contributed by atoms with Crippen LogP contribution in [0.4, 0.5) is 13.2 Å². The van der Waals surface area contributed by atoms with Gasteiger partial charge in [0.25, 0.3) is 0 Å². The lowest BCUT2D eigenvalue weighted by Gasteiger charge is -2.20. The van der Waals surface area contributed by atoms with Crippen LogP contribution in [0.5, 0.6) is 0 Å². The van der Waals surface area contributed by atoms with E-state index in [1.54, 1.807) is 13.8 Å². The highest BCUT2D eigenvalue weighted by molar-refractivity contribution is 5.26.